The fourth-order valence-electron chi connectivity index (χ4n) is 2.18. The van der Waals surface area contributed by atoms with Crippen LogP contribution in [0.25, 0.3) is 11.0 Å². The molecule has 1 heterocycles. The summed E-state index contributed by atoms with van der Waals surface area (Å²) >= 11 is 0. The van der Waals surface area contributed by atoms with Crippen molar-refractivity contribution in [2.45, 2.75) is 19.3 Å². The second-order valence-corrected chi connectivity index (χ2v) is 3.83. The summed E-state index contributed by atoms with van der Waals surface area (Å²) in [5.41, 5.74) is 1.20. The molecule has 0 bridgehead atoms. The van der Waals surface area contributed by atoms with E-state index in [1.807, 2.05) is 0 Å². The molecule has 1 aliphatic rings. The van der Waals surface area contributed by atoms with Crippen molar-refractivity contribution in [3.05, 3.63) is 29.5 Å². The van der Waals surface area contributed by atoms with E-state index >= 15 is 0 Å². The fourth-order valence-corrected chi connectivity index (χ4v) is 2.18. The lowest BCUT2D eigenvalue weighted by molar-refractivity contribution is 0.0971. The molecule has 0 aliphatic heterocycles. The van der Waals surface area contributed by atoms with Crippen LogP contribution in [-0.4, -0.2) is 10.9 Å². The minimum atomic E-state index is 0.0801. The van der Waals surface area contributed by atoms with Gasteiger partial charge in [-0.05, 0) is 18.6 Å². The molecule has 2 aromatic rings. The number of aryl methyl sites for hydroxylation is 1. The normalized spacial score (nSPS) is 15.6. The number of carbonyl (C=O) groups is 1. The Kier molecular flexibility index (Phi) is 1.63. The monoisotopic (exact) mass is 202 g/mol. The smallest absolute Gasteiger partial charge is 0.167 e. The zero-order chi connectivity index (χ0) is 10.4. The van der Waals surface area contributed by atoms with Crippen LogP contribution in [-0.2, 0) is 6.42 Å². The Morgan fingerprint density at radius 2 is 2.13 bits per heavy atom. The summed E-state index contributed by atoms with van der Waals surface area (Å²) in [7, 11) is 0. The highest BCUT2D eigenvalue weighted by molar-refractivity contribution is 6.10. The number of hydrogen-bond acceptors (Lipinski definition) is 3. The van der Waals surface area contributed by atoms with Crippen LogP contribution in [0.5, 0.6) is 5.75 Å². The molecule has 3 nitrogen and oxygen atoms in total. The predicted molar refractivity (Wildman–Crippen MR) is 55.1 cm³/mol. The van der Waals surface area contributed by atoms with Gasteiger partial charge in [-0.1, -0.05) is 6.07 Å². The van der Waals surface area contributed by atoms with Crippen LogP contribution in [0.2, 0.25) is 0 Å². The molecule has 0 spiro atoms. The van der Waals surface area contributed by atoms with Crippen molar-refractivity contribution in [2.24, 2.45) is 0 Å². The Bertz CT molecular complexity index is 551. The first-order chi connectivity index (χ1) is 7.27. The molecule has 0 saturated heterocycles. The van der Waals surface area contributed by atoms with E-state index in [9.17, 15) is 9.90 Å². The van der Waals surface area contributed by atoms with Crippen LogP contribution in [0.1, 0.15) is 29.0 Å². The van der Waals surface area contributed by atoms with Crippen molar-refractivity contribution < 1.29 is 14.3 Å². The van der Waals surface area contributed by atoms with Crippen LogP contribution in [0.4, 0.5) is 0 Å². The maximum atomic E-state index is 11.7. The Labute approximate surface area is 86.3 Å². The molecule has 0 saturated carbocycles. The minimum Gasteiger partial charge on any atom is -0.507 e. The van der Waals surface area contributed by atoms with Crippen molar-refractivity contribution in [1.82, 2.24) is 0 Å². The Balaban J connectivity index is 2.44. The van der Waals surface area contributed by atoms with E-state index in [0.29, 0.717) is 23.0 Å². The number of furan rings is 1. The molecule has 1 aliphatic carbocycles. The number of aromatic hydroxyl groups is 1. The van der Waals surface area contributed by atoms with Gasteiger partial charge in [0.1, 0.15) is 17.1 Å². The van der Waals surface area contributed by atoms with Crippen molar-refractivity contribution in [3.8, 4) is 5.75 Å². The molecule has 0 atom stereocenters. The van der Waals surface area contributed by atoms with Crippen LogP contribution < -0.4 is 0 Å². The molecule has 1 N–H and O–H groups in total. The zero-order valence-electron chi connectivity index (χ0n) is 8.12. The second kappa shape index (κ2) is 2.86. The third-order valence-electron chi connectivity index (χ3n) is 2.85. The van der Waals surface area contributed by atoms with Crippen molar-refractivity contribution in [1.29, 1.82) is 0 Å². The quantitative estimate of drug-likeness (QED) is 0.714. The van der Waals surface area contributed by atoms with Crippen molar-refractivity contribution in [2.75, 3.05) is 0 Å². The van der Waals surface area contributed by atoms with Gasteiger partial charge >= 0.3 is 0 Å². The maximum absolute atomic E-state index is 11.7. The number of phenols is 1. The standard InChI is InChI=1S/C12H10O3/c13-7-3-1-5-9-11(7)12-8(14)4-2-6-10(12)15-9/h1,3,5,13H,2,4,6H2. The van der Waals surface area contributed by atoms with Gasteiger partial charge in [0.15, 0.2) is 5.78 Å². The number of carbonyl (C=O) groups excluding carboxylic acids is 1. The largest absolute Gasteiger partial charge is 0.507 e. The summed E-state index contributed by atoms with van der Waals surface area (Å²) in [5, 5.41) is 10.3. The number of rotatable bonds is 0. The van der Waals surface area contributed by atoms with Gasteiger partial charge in [0.2, 0.25) is 0 Å². The number of benzene rings is 1. The average molecular weight is 202 g/mol. The van der Waals surface area contributed by atoms with Crippen LogP contribution in [0, 0.1) is 0 Å². The minimum absolute atomic E-state index is 0.0801. The van der Waals surface area contributed by atoms with Gasteiger partial charge < -0.3 is 9.52 Å². The lowest BCUT2D eigenvalue weighted by Crippen LogP contribution is -2.08. The SMILES string of the molecule is O=C1CCCc2oc3cccc(O)c3c21. The van der Waals surface area contributed by atoms with E-state index in [1.165, 1.54) is 0 Å². The first kappa shape index (κ1) is 8.53. The van der Waals surface area contributed by atoms with E-state index in [1.54, 1.807) is 18.2 Å². The zero-order valence-corrected chi connectivity index (χ0v) is 8.12. The molecule has 1 aromatic heterocycles. The maximum Gasteiger partial charge on any atom is 0.167 e. The van der Waals surface area contributed by atoms with Gasteiger partial charge in [0.25, 0.3) is 0 Å². The van der Waals surface area contributed by atoms with Crippen molar-refractivity contribution in [3.63, 3.8) is 0 Å². The summed E-state index contributed by atoms with van der Waals surface area (Å²) in [4.78, 5) is 11.7. The van der Waals surface area contributed by atoms with Crippen LogP contribution in [0.3, 0.4) is 0 Å². The summed E-state index contributed by atoms with van der Waals surface area (Å²) < 4.78 is 5.56. The molecule has 1 aromatic carbocycles. The summed E-state index contributed by atoms with van der Waals surface area (Å²) in [6, 6.07) is 5.08. The summed E-state index contributed by atoms with van der Waals surface area (Å²) in [5.74, 6) is 0.937. The number of Topliss-reactive ketones (excluding diaryl/α,β-unsaturated/α-hetero) is 1. The highest BCUT2D eigenvalue weighted by atomic mass is 16.3. The Morgan fingerprint density at radius 3 is 3.00 bits per heavy atom. The Hall–Kier alpha value is -1.77. The second-order valence-electron chi connectivity index (χ2n) is 3.83. The molecular formula is C12H10O3. The van der Waals surface area contributed by atoms with Gasteiger partial charge in [0, 0.05) is 12.8 Å². The van der Waals surface area contributed by atoms with E-state index in [2.05, 4.69) is 0 Å². The highest BCUT2D eigenvalue weighted by Crippen LogP contribution is 2.36. The van der Waals surface area contributed by atoms with Gasteiger partial charge in [-0.15, -0.1) is 0 Å². The van der Waals surface area contributed by atoms with Gasteiger partial charge in [-0.25, -0.2) is 0 Å². The molecule has 0 radical (unpaired) electrons. The first-order valence-electron chi connectivity index (χ1n) is 5.04. The third kappa shape index (κ3) is 1.09. The molecule has 3 rings (SSSR count). The number of ketones is 1. The lowest BCUT2D eigenvalue weighted by Gasteiger charge is -2.07. The van der Waals surface area contributed by atoms with E-state index < -0.39 is 0 Å². The van der Waals surface area contributed by atoms with E-state index in [-0.39, 0.29) is 11.5 Å². The topological polar surface area (TPSA) is 50.4 Å². The van der Waals surface area contributed by atoms with Gasteiger partial charge in [0.05, 0.1) is 10.9 Å². The highest BCUT2D eigenvalue weighted by Gasteiger charge is 2.25. The third-order valence-corrected chi connectivity index (χ3v) is 2.85. The molecule has 0 unspecified atom stereocenters. The number of fused-ring (bicyclic) bond motifs is 3. The van der Waals surface area contributed by atoms with E-state index in [4.69, 9.17) is 4.42 Å². The van der Waals surface area contributed by atoms with Crippen LogP contribution in [0.15, 0.2) is 22.6 Å². The first-order valence-corrected chi connectivity index (χ1v) is 5.04. The number of hydrogen-bond donors (Lipinski definition) is 1. The predicted octanol–water partition coefficient (Wildman–Crippen LogP) is 2.66. The molecular weight excluding hydrogens is 192 g/mol. The molecule has 3 heteroatoms. The fraction of sp³-hybridized carbons (Fsp3) is 0.250. The summed E-state index contributed by atoms with van der Waals surface area (Å²) in [6.07, 6.45) is 2.18. The number of phenolic OH excluding ortho intramolecular Hbond substituents is 1. The van der Waals surface area contributed by atoms with Crippen molar-refractivity contribution >= 4 is 16.8 Å². The molecule has 0 fully saturated rings. The Morgan fingerprint density at radius 1 is 1.27 bits per heavy atom. The van der Waals surface area contributed by atoms with E-state index in [0.717, 1.165) is 18.6 Å². The van der Waals surface area contributed by atoms with Crippen LogP contribution >= 0.6 is 0 Å². The van der Waals surface area contributed by atoms with Gasteiger partial charge in [-0.3, -0.25) is 4.79 Å². The van der Waals surface area contributed by atoms with Gasteiger partial charge in [-0.2, -0.15) is 0 Å². The average Bonchev–Trinajstić information content (AvgIpc) is 2.58. The lowest BCUT2D eigenvalue weighted by atomic mass is 9.94. The molecule has 0 amide bonds. The summed E-state index contributed by atoms with van der Waals surface area (Å²) in [6.45, 7) is 0. The molecule has 76 valence electrons. The molecule has 15 heavy (non-hydrogen) atoms.